The molecule has 2 rings (SSSR count). The van der Waals surface area contributed by atoms with Crippen molar-refractivity contribution >= 4 is 12.4 Å². The second-order valence-corrected chi connectivity index (χ2v) is 5.34. The van der Waals surface area contributed by atoms with E-state index in [0.29, 0.717) is 12.1 Å². The summed E-state index contributed by atoms with van der Waals surface area (Å²) in [6.45, 7) is 8.58. The number of likely N-dealkylation sites (tertiary alicyclic amines) is 1. The minimum Gasteiger partial charge on any atom is -0.377 e. The van der Waals surface area contributed by atoms with E-state index in [1.807, 2.05) is 0 Å². The van der Waals surface area contributed by atoms with Crippen LogP contribution in [0.15, 0.2) is 0 Å². The summed E-state index contributed by atoms with van der Waals surface area (Å²) < 4.78 is 5.58. The highest BCUT2D eigenvalue weighted by Crippen LogP contribution is 2.36. The van der Waals surface area contributed by atoms with Crippen LogP contribution >= 0.6 is 12.4 Å². The molecule has 96 valence electrons. The van der Waals surface area contributed by atoms with Crippen LogP contribution in [0.5, 0.6) is 0 Å². The summed E-state index contributed by atoms with van der Waals surface area (Å²) in [6, 6.07) is 0.464. The van der Waals surface area contributed by atoms with Crippen molar-refractivity contribution in [2.75, 3.05) is 26.2 Å². The summed E-state index contributed by atoms with van der Waals surface area (Å²) in [5.74, 6) is 1.64. The molecule has 0 amide bonds. The maximum atomic E-state index is 6.10. The molecule has 0 aromatic carbocycles. The van der Waals surface area contributed by atoms with Crippen LogP contribution in [-0.2, 0) is 4.74 Å². The van der Waals surface area contributed by atoms with Crippen LogP contribution < -0.4 is 5.73 Å². The van der Waals surface area contributed by atoms with Gasteiger partial charge in [0.25, 0.3) is 0 Å². The van der Waals surface area contributed by atoms with Gasteiger partial charge in [-0.1, -0.05) is 0 Å². The monoisotopic (exact) mass is 248 g/mol. The average molecular weight is 249 g/mol. The van der Waals surface area contributed by atoms with Crippen molar-refractivity contribution in [3.8, 4) is 0 Å². The number of hydrogen-bond donors (Lipinski definition) is 1. The number of fused-ring (bicyclic) bond motifs is 1. The summed E-state index contributed by atoms with van der Waals surface area (Å²) >= 11 is 0. The Labute approximate surface area is 105 Å². The molecule has 2 N–H and O–H groups in total. The third kappa shape index (κ3) is 3.33. The normalized spacial score (nSPS) is 34.1. The molecule has 1 saturated heterocycles. The van der Waals surface area contributed by atoms with Gasteiger partial charge in [0.05, 0.1) is 12.7 Å². The second-order valence-electron chi connectivity index (χ2n) is 5.34. The topological polar surface area (TPSA) is 38.5 Å². The van der Waals surface area contributed by atoms with E-state index in [4.69, 9.17) is 10.5 Å². The number of nitrogens with zero attached hydrogens (tertiary/aromatic N) is 1. The van der Waals surface area contributed by atoms with E-state index in [1.165, 1.54) is 25.9 Å². The van der Waals surface area contributed by atoms with Gasteiger partial charge in [0.1, 0.15) is 0 Å². The minimum absolute atomic E-state index is 0. The molecule has 1 aliphatic heterocycles. The molecule has 3 atom stereocenters. The third-order valence-electron chi connectivity index (χ3n) is 3.85. The number of rotatable bonds is 4. The zero-order chi connectivity index (χ0) is 10.8. The van der Waals surface area contributed by atoms with Gasteiger partial charge in [-0.25, -0.2) is 0 Å². The van der Waals surface area contributed by atoms with Crippen molar-refractivity contribution < 1.29 is 4.74 Å². The van der Waals surface area contributed by atoms with Crippen LogP contribution in [-0.4, -0.2) is 43.3 Å². The molecule has 3 nitrogen and oxygen atoms in total. The molecular weight excluding hydrogens is 224 g/mol. The molecule has 1 aliphatic carbocycles. The SMILES string of the molecule is CC(C)OCCN1CC2CCC(N)C2C1.Cl. The van der Waals surface area contributed by atoms with E-state index < -0.39 is 0 Å². The van der Waals surface area contributed by atoms with Crippen molar-refractivity contribution in [2.24, 2.45) is 17.6 Å². The molecule has 2 aliphatic rings. The van der Waals surface area contributed by atoms with Crippen LogP contribution in [0.25, 0.3) is 0 Å². The number of hydrogen-bond acceptors (Lipinski definition) is 3. The Morgan fingerprint density at radius 3 is 2.69 bits per heavy atom. The quantitative estimate of drug-likeness (QED) is 0.820. The fourth-order valence-corrected chi connectivity index (χ4v) is 3.00. The predicted molar refractivity (Wildman–Crippen MR) is 69.0 cm³/mol. The molecule has 1 saturated carbocycles. The first-order chi connectivity index (χ1) is 7.16. The van der Waals surface area contributed by atoms with Crippen LogP contribution in [0.4, 0.5) is 0 Å². The lowest BCUT2D eigenvalue weighted by atomic mass is 9.98. The number of nitrogens with two attached hydrogens (primary N) is 1. The van der Waals surface area contributed by atoms with Gasteiger partial charge in [0.15, 0.2) is 0 Å². The third-order valence-corrected chi connectivity index (χ3v) is 3.85. The van der Waals surface area contributed by atoms with Gasteiger partial charge in [-0.05, 0) is 38.5 Å². The molecule has 0 radical (unpaired) electrons. The summed E-state index contributed by atoms with van der Waals surface area (Å²) in [5.41, 5.74) is 6.10. The van der Waals surface area contributed by atoms with Gasteiger partial charge >= 0.3 is 0 Å². The second kappa shape index (κ2) is 6.20. The molecule has 0 bridgehead atoms. The molecule has 1 heterocycles. The van der Waals surface area contributed by atoms with Gasteiger partial charge < -0.3 is 15.4 Å². The Bertz CT molecular complexity index is 213. The Kier molecular flexibility index (Phi) is 5.51. The fraction of sp³-hybridized carbons (Fsp3) is 1.00. The van der Waals surface area contributed by atoms with E-state index in [2.05, 4.69) is 18.7 Å². The van der Waals surface area contributed by atoms with Gasteiger partial charge in [0.2, 0.25) is 0 Å². The van der Waals surface area contributed by atoms with Crippen molar-refractivity contribution in [1.29, 1.82) is 0 Å². The first kappa shape index (κ1) is 14.2. The summed E-state index contributed by atoms with van der Waals surface area (Å²) in [6.07, 6.45) is 2.94. The van der Waals surface area contributed by atoms with Crippen molar-refractivity contribution in [3.63, 3.8) is 0 Å². The highest BCUT2D eigenvalue weighted by atomic mass is 35.5. The van der Waals surface area contributed by atoms with E-state index in [-0.39, 0.29) is 12.4 Å². The molecule has 2 fully saturated rings. The molecule has 4 heteroatoms. The molecule has 3 unspecified atom stereocenters. The lowest BCUT2D eigenvalue weighted by Gasteiger charge is -2.18. The fourth-order valence-electron chi connectivity index (χ4n) is 3.00. The van der Waals surface area contributed by atoms with Gasteiger partial charge in [-0.15, -0.1) is 12.4 Å². The smallest absolute Gasteiger partial charge is 0.0596 e. The highest BCUT2D eigenvalue weighted by Gasteiger charge is 2.40. The van der Waals surface area contributed by atoms with Gasteiger partial charge in [-0.2, -0.15) is 0 Å². The van der Waals surface area contributed by atoms with Crippen LogP contribution in [0.1, 0.15) is 26.7 Å². The Morgan fingerprint density at radius 1 is 1.31 bits per heavy atom. The van der Waals surface area contributed by atoms with Crippen molar-refractivity contribution in [2.45, 2.75) is 38.8 Å². The summed E-state index contributed by atoms with van der Waals surface area (Å²) in [7, 11) is 0. The van der Waals surface area contributed by atoms with E-state index in [0.717, 1.165) is 25.0 Å². The molecule has 0 aromatic heterocycles. The minimum atomic E-state index is 0. The summed E-state index contributed by atoms with van der Waals surface area (Å²) in [5, 5.41) is 0. The zero-order valence-electron chi connectivity index (χ0n) is 10.4. The molecular formula is C12H25ClN2O. The van der Waals surface area contributed by atoms with E-state index >= 15 is 0 Å². The van der Waals surface area contributed by atoms with Gasteiger partial charge in [0, 0.05) is 25.7 Å². The maximum Gasteiger partial charge on any atom is 0.0596 e. The van der Waals surface area contributed by atoms with Crippen LogP contribution in [0.3, 0.4) is 0 Å². The Morgan fingerprint density at radius 2 is 2.06 bits per heavy atom. The highest BCUT2D eigenvalue weighted by molar-refractivity contribution is 5.85. The van der Waals surface area contributed by atoms with E-state index in [9.17, 15) is 0 Å². The predicted octanol–water partition coefficient (Wildman–Crippen LogP) is 1.50. The first-order valence-electron chi connectivity index (χ1n) is 6.26. The standard InChI is InChI=1S/C12H24N2O.ClH/c1-9(2)15-6-5-14-7-10-3-4-12(13)11(10)8-14;/h9-12H,3-8,13H2,1-2H3;1H. The molecule has 16 heavy (non-hydrogen) atoms. The number of halogens is 1. The summed E-state index contributed by atoms with van der Waals surface area (Å²) in [4.78, 5) is 2.52. The maximum absolute atomic E-state index is 6.10. The van der Waals surface area contributed by atoms with Gasteiger partial charge in [-0.3, -0.25) is 0 Å². The molecule has 0 aromatic rings. The first-order valence-corrected chi connectivity index (χ1v) is 6.26. The average Bonchev–Trinajstić information content (AvgIpc) is 2.69. The largest absolute Gasteiger partial charge is 0.377 e. The number of ether oxygens (including phenoxy) is 1. The van der Waals surface area contributed by atoms with Crippen molar-refractivity contribution in [1.82, 2.24) is 4.90 Å². The van der Waals surface area contributed by atoms with E-state index in [1.54, 1.807) is 0 Å². The van der Waals surface area contributed by atoms with Crippen molar-refractivity contribution in [3.05, 3.63) is 0 Å². The molecule has 0 spiro atoms. The van der Waals surface area contributed by atoms with Crippen LogP contribution in [0.2, 0.25) is 0 Å². The lowest BCUT2D eigenvalue weighted by molar-refractivity contribution is 0.0620. The zero-order valence-corrected chi connectivity index (χ0v) is 11.2. The lowest BCUT2D eigenvalue weighted by Crippen LogP contribution is -2.32. The Hall–Kier alpha value is 0.170. The Balaban J connectivity index is 0.00000128. The van der Waals surface area contributed by atoms with Crippen LogP contribution in [0, 0.1) is 11.8 Å².